The zero-order valence-corrected chi connectivity index (χ0v) is 14.9. The predicted octanol–water partition coefficient (Wildman–Crippen LogP) is 3.90. The largest absolute Gasteiger partial charge is 0.359 e. The summed E-state index contributed by atoms with van der Waals surface area (Å²) in [6.07, 6.45) is 2.17. The number of aliphatic imine (C=N–C) groups is 1. The lowest BCUT2D eigenvalue weighted by molar-refractivity contribution is 0.368. The van der Waals surface area contributed by atoms with Crippen LogP contribution in [0.2, 0.25) is 0 Å². The van der Waals surface area contributed by atoms with Crippen molar-refractivity contribution >= 4 is 17.3 Å². The van der Waals surface area contributed by atoms with Gasteiger partial charge >= 0.3 is 0 Å². The number of thiophene rings is 1. The van der Waals surface area contributed by atoms with Crippen LogP contribution >= 0.6 is 11.3 Å². The molecule has 0 aliphatic heterocycles. The van der Waals surface area contributed by atoms with Crippen molar-refractivity contribution in [2.24, 2.45) is 4.99 Å². The van der Waals surface area contributed by atoms with E-state index in [-0.39, 0.29) is 0 Å². The van der Waals surface area contributed by atoms with Gasteiger partial charge in [-0.3, -0.25) is 0 Å². The molecule has 0 atom stereocenters. The molecule has 0 spiro atoms. The summed E-state index contributed by atoms with van der Waals surface area (Å²) >= 11 is 1.69. The summed E-state index contributed by atoms with van der Waals surface area (Å²) in [6.45, 7) is 8.51. The molecule has 0 bridgehead atoms. The first-order valence-corrected chi connectivity index (χ1v) is 9.19. The fourth-order valence-corrected chi connectivity index (χ4v) is 3.04. The van der Waals surface area contributed by atoms with Gasteiger partial charge in [-0.25, -0.2) is 4.99 Å². The molecule has 0 saturated heterocycles. The van der Waals surface area contributed by atoms with Crippen LogP contribution in [0.3, 0.4) is 0 Å². The Morgan fingerprint density at radius 3 is 2.78 bits per heavy atom. The Morgan fingerprint density at radius 2 is 2.13 bits per heavy atom. The lowest BCUT2D eigenvalue weighted by atomic mass is 9.99. The molecule has 23 heavy (non-hydrogen) atoms. The normalized spacial score (nSPS) is 11.9. The highest BCUT2D eigenvalue weighted by atomic mass is 32.1. The summed E-state index contributed by atoms with van der Waals surface area (Å²) in [5.74, 6) is 2.11. The third kappa shape index (κ3) is 5.39. The fraction of sp³-hybridized carbons (Fsp3) is 0.529. The summed E-state index contributed by atoms with van der Waals surface area (Å²) in [5.41, 5.74) is 2.27. The minimum Gasteiger partial charge on any atom is -0.359 e. The van der Waals surface area contributed by atoms with Crippen molar-refractivity contribution in [2.75, 3.05) is 6.54 Å². The molecule has 2 aromatic rings. The Balaban J connectivity index is 1.92. The number of rotatable bonds is 8. The minimum absolute atomic E-state index is 0.480. The molecule has 126 valence electrons. The third-order valence-corrected chi connectivity index (χ3v) is 4.49. The summed E-state index contributed by atoms with van der Waals surface area (Å²) < 4.78 is 5.43. The lowest BCUT2D eigenvalue weighted by Crippen LogP contribution is -2.36. The average Bonchev–Trinajstić information content (AvgIpc) is 3.23. The van der Waals surface area contributed by atoms with Crippen LogP contribution in [-0.4, -0.2) is 17.7 Å². The van der Waals surface area contributed by atoms with Crippen LogP contribution in [-0.2, 0) is 13.1 Å². The van der Waals surface area contributed by atoms with Gasteiger partial charge in [0.05, 0.1) is 18.8 Å². The van der Waals surface area contributed by atoms with Gasteiger partial charge in [-0.2, -0.15) is 11.3 Å². The standard InChI is InChI=1S/C17H26N4OS/c1-4-14(5-2)16-9-15(22-21-16)11-20-17(18-6-3)19-10-13-7-8-23-12-13/h7-9,12,14H,4-6,10-11H2,1-3H3,(H2,18,19,20). The van der Waals surface area contributed by atoms with E-state index in [1.54, 1.807) is 11.3 Å². The van der Waals surface area contributed by atoms with Gasteiger partial charge in [0.25, 0.3) is 0 Å². The molecule has 0 amide bonds. The van der Waals surface area contributed by atoms with E-state index >= 15 is 0 Å². The highest BCUT2D eigenvalue weighted by Gasteiger charge is 2.13. The molecule has 0 unspecified atom stereocenters. The maximum Gasteiger partial charge on any atom is 0.191 e. The summed E-state index contributed by atoms with van der Waals surface area (Å²) in [4.78, 5) is 4.58. The Bertz CT molecular complexity index is 588. The molecule has 5 nitrogen and oxygen atoms in total. The first-order chi connectivity index (χ1) is 11.3. The molecule has 0 fully saturated rings. The van der Waals surface area contributed by atoms with Gasteiger partial charge in [-0.1, -0.05) is 19.0 Å². The van der Waals surface area contributed by atoms with Crippen molar-refractivity contribution in [1.29, 1.82) is 0 Å². The van der Waals surface area contributed by atoms with Gasteiger partial charge in [0.15, 0.2) is 11.7 Å². The highest BCUT2D eigenvalue weighted by molar-refractivity contribution is 7.07. The summed E-state index contributed by atoms with van der Waals surface area (Å²) in [6, 6.07) is 4.14. The van der Waals surface area contributed by atoms with Crippen LogP contribution < -0.4 is 10.6 Å². The Labute approximate surface area is 142 Å². The van der Waals surface area contributed by atoms with Crippen LogP contribution in [0.5, 0.6) is 0 Å². The maximum atomic E-state index is 5.43. The van der Waals surface area contributed by atoms with Crippen molar-refractivity contribution in [3.8, 4) is 0 Å². The maximum absolute atomic E-state index is 5.43. The number of aromatic nitrogens is 1. The number of nitrogens with one attached hydrogen (secondary N) is 2. The second kappa shape index (κ2) is 9.35. The van der Waals surface area contributed by atoms with E-state index in [0.29, 0.717) is 19.0 Å². The smallest absolute Gasteiger partial charge is 0.191 e. The van der Waals surface area contributed by atoms with E-state index in [9.17, 15) is 0 Å². The van der Waals surface area contributed by atoms with Crippen molar-refractivity contribution in [3.05, 3.63) is 39.9 Å². The molecule has 6 heteroatoms. The molecule has 0 aliphatic carbocycles. The van der Waals surface area contributed by atoms with E-state index < -0.39 is 0 Å². The molecule has 2 heterocycles. The summed E-state index contributed by atoms with van der Waals surface area (Å²) in [5, 5.41) is 14.9. The van der Waals surface area contributed by atoms with Gasteiger partial charge < -0.3 is 15.2 Å². The van der Waals surface area contributed by atoms with Crippen LogP contribution in [0, 0.1) is 0 Å². The third-order valence-electron chi connectivity index (χ3n) is 3.76. The van der Waals surface area contributed by atoms with E-state index in [4.69, 9.17) is 4.52 Å². The number of hydrogen-bond acceptors (Lipinski definition) is 4. The second-order valence-electron chi connectivity index (χ2n) is 5.41. The monoisotopic (exact) mass is 334 g/mol. The molecule has 2 aromatic heterocycles. The van der Waals surface area contributed by atoms with Crippen LogP contribution in [0.4, 0.5) is 0 Å². The lowest BCUT2D eigenvalue weighted by Gasteiger charge is -2.09. The molecule has 2 rings (SSSR count). The first kappa shape index (κ1) is 17.5. The average molecular weight is 334 g/mol. The molecule has 0 aromatic carbocycles. The van der Waals surface area contributed by atoms with E-state index in [1.807, 2.05) is 6.07 Å². The zero-order valence-electron chi connectivity index (χ0n) is 14.1. The van der Waals surface area contributed by atoms with E-state index in [1.165, 1.54) is 5.56 Å². The van der Waals surface area contributed by atoms with Crippen molar-refractivity contribution in [3.63, 3.8) is 0 Å². The topological polar surface area (TPSA) is 62.5 Å². The number of guanidine groups is 1. The van der Waals surface area contributed by atoms with Crippen LogP contribution in [0.15, 0.2) is 32.4 Å². The minimum atomic E-state index is 0.480. The van der Waals surface area contributed by atoms with Crippen molar-refractivity contribution < 1.29 is 4.52 Å². The van der Waals surface area contributed by atoms with E-state index in [0.717, 1.165) is 36.8 Å². The first-order valence-electron chi connectivity index (χ1n) is 8.25. The molecule has 0 saturated carbocycles. The second-order valence-corrected chi connectivity index (χ2v) is 6.19. The Morgan fingerprint density at radius 1 is 1.30 bits per heavy atom. The molecule has 0 radical (unpaired) electrons. The summed E-state index contributed by atoms with van der Waals surface area (Å²) in [7, 11) is 0. The van der Waals surface area contributed by atoms with Gasteiger partial charge in [-0.05, 0) is 42.2 Å². The quantitative estimate of drug-likeness (QED) is 0.568. The van der Waals surface area contributed by atoms with Crippen LogP contribution in [0.1, 0.15) is 56.5 Å². The van der Waals surface area contributed by atoms with E-state index in [2.05, 4.69) is 58.4 Å². The fourth-order valence-electron chi connectivity index (χ4n) is 2.38. The molecule has 0 aliphatic rings. The van der Waals surface area contributed by atoms with Gasteiger partial charge in [0, 0.05) is 18.5 Å². The predicted molar refractivity (Wildman–Crippen MR) is 95.8 cm³/mol. The number of nitrogens with zero attached hydrogens (tertiary/aromatic N) is 2. The van der Waals surface area contributed by atoms with Gasteiger partial charge in [0.1, 0.15) is 0 Å². The van der Waals surface area contributed by atoms with Crippen LogP contribution in [0.25, 0.3) is 0 Å². The molecular formula is C17H26N4OS. The Hall–Kier alpha value is -1.82. The Kier molecular flexibility index (Phi) is 7.13. The molecule has 2 N–H and O–H groups in total. The molecular weight excluding hydrogens is 308 g/mol. The SMILES string of the molecule is CCNC(=NCc1ccsc1)NCc1cc(C(CC)CC)no1. The zero-order chi connectivity index (χ0) is 16.5. The highest BCUT2D eigenvalue weighted by Crippen LogP contribution is 2.22. The van der Waals surface area contributed by atoms with Gasteiger partial charge in [0.2, 0.25) is 0 Å². The van der Waals surface area contributed by atoms with Gasteiger partial charge in [-0.15, -0.1) is 0 Å². The van der Waals surface area contributed by atoms with Crippen molar-refractivity contribution in [1.82, 2.24) is 15.8 Å². The number of hydrogen-bond donors (Lipinski definition) is 2. The van der Waals surface area contributed by atoms with Crippen molar-refractivity contribution in [2.45, 2.75) is 52.6 Å².